The smallest absolute Gasteiger partial charge is 0.160 e. The van der Waals surface area contributed by atoms with E-state index in [1.165, 1.54) is 12.3 Å². The number of rotatable bonds is 5. The Morgan fingerprint density at radius 2 is 1.80 bits per heavy atom. The molecule has 0 fully saturated rings. The van der Waals surface area contributed by atoms with Gasteiger partial charge in [-0.05, 0) is 29.8 Å². The van der Waals surface area contributed by atoms with Crippen LogP contribution < -0.4 is 5.32 Å². The minimum Gasteiger partial charge on any atom is -0.298 e. The van der Waals surface area contributed by atoms with Gasteiger partial charge in [-0.1, -0.05) is 36.4 Å². The molecule has 0 saturated carbocycles. The van der Waals surface area contributed by atoms with Crippen molar-refractivity contribution in [2.45, 2.75) is 12.6 Å². The SMILES string of the molecule is Fc1ccc([C@H](NCc2nnc3ccccn23)c2ccccc2)nc1. The summed E-state index contributed by atoms with van der Waals surface area (Å²) in [7, 11) is 0. The average molecular weight is 333 g/mol. The van der Waals surface area contributed by atoms with Gasteiger partial charge in [-0.2, -0.15) is 0 Å². The molecule has 4 aromatic rings. The highest BCUT2D eigenvalue weighted by Gasteiger charge is 2.16. The third-order valence-corrected chi connectivity index (χ3v) is 4.03. The topological polar surface area (TPSA) is 55.1 Å². The molecule has 124 valence electrons. The maximum atomic E-state index is 13.2. The van der Waals surface area contributed by atoms with Gasteiger partial charge in [0.25, 0.3) is 0 Å². The van der Waals surface area contributed by atoms with Gasteiger partial charge in [0.15, 0.2) is 11.5 Å². The van der Waals surface area contributed by atoms with Crippen molar-refractivity contribution in [3.05, 3.63) is 96.0 Å². The minimum absolute atomic E-state index is 0.169. The first-order chi connectivity index (χ1) is 12.3. The van der Waals surface area contributed by atoms with Gasteiger partial charge in [0, 0.05) is 6.20 Å². The molecule has 0 aliphatic carbocycles. The van der Waals surface area contributed by atoms with Gasteiger partial charge in [0.2, 0.25) is 0 Å². The predicted molar refractivity (Wildman–Crippen MR) is 92.3 cm³/mol. The highest BCUT2D eigenvalue weighted by molar-refractivity contribution is 5.37. The molecule has 0 bridgehead atoms. The maximum absolute atomic E-state index is 13.2. The van der Waals surface area contributed by atoms with Crippen LogP contribution in [0.1, 0.15) is 23.1 Å². The van der Waals surface area contributed by atoms with E-state index < -0.39 is 0 Å². The first-order valence-electron chi connectivity index (χ1n) is 8.00. The fourth-order valence-electron chi connectivity index (χ4n) is 2.80. The molecular formula is C19H16FN5. The summed E-state index contributed by atoms with van der Waals surface area (Å²) in [6.45, 7) is 0.504. The Bertz CT molecular complexity index is 966. The molecule has 0 aliphatic rings. The molecule has 0 saturated heterocycles. The highest BCUT2D eigenvalue weighted by atomic mass is 19.1. The fourth-order valence-corrected chi connectivity index (χ4v) is 2.80. The quantitative estimate of drug-likeness (QED) is 0.610. The number of pyridine rings is 2. The van der Waals surface area contributed by atoms with Crippen LogP contribution in [0.2, 0.25) is 0 Å². The summed E-state index contributed by atoms with van der Waals surface area (Å²) in [6, 6.07) is 18.7. The van der Waals surface area contributed by atoms with E-state index in [1.54, 1.807) is 6.07 Å². The van der Waals surface area contributed by atoms with E-state index in [2.05, 4.69) is 20.5 Å². The van der Waals surface area contributed by atoms with Crippen molar-refractivity contribution < 1.29 is 4.39 Å². The van der Waals surface area contributed by atoms with Crippen molar-refractivity contribution >= 4 is 5.65 Å². The second-order valence-corrected chi connectivity index (χ2v) is 5.67. The van der Waals surface area contributed by atoms with Gasteiger partial charge < -0.3 is 0 Å². The molecule has 3 aromatic heterocycles. The Labute approximate surface area is 144 Å². The van der Waals surface area contributed by atoms with Crippen LogP contribution in [0.25, 0.3) is 5.65 Å². The van der Waals surface area contributed by atoms with E-state index in [-0.39, 0.29) is 11.9 Å². The van der Waals surface area contributed by atoms with Gasteiger partial charge in [0.1, 0.15) is 5.82 Å². The summed E-state index contributed by atoms with van der Waals surface area (Å²) in [5, 5.41) is 11.9. The summed E-state index contributed by atoms with van der Waals surface area (Å²) >= 11 is 0. The zero-order valence-electron chi connectivity index (χ0n) is 13.4. The zero-order chi connectivity index (χ0) is 17.1. The lowest BCUT2D eigenvalue weighted by Crippen LogP contribution is -2.24. The van der Waals surface area contributed by atoms with Crippen LogP contribution in [0.3, 0.4) is 0 Å². The Morgan fingerprint density at radius 1 is 0.960 bits per heavy atom. The maximum Gasteiger partial charge on any atom is 0.160 e. The third kappa shape index (κ3) is 3.25. The number of benzene rings is 1. The second-order valence-electron chi connectivity index (χ2n) is 5.67. The lowest BCUT2D eigenvalue weighted by atomic mass is 10.0. The van der Waals surface area contributed by atoms with Gasteiger partial charge in [-0.3, -0.25) is 14.7 Å². The number of hydrogen-bond donors (Lipinski definition) is 1. The summed E-state index contributed by atoms with van der Waals surface area (Å²) in [5.74, 6) is 0.456. The van der Waals surface area contributed by atoms with Crippen molar-refractivity contribution in [1.82, 2.24) is 24.9 Å². The van der Waals surface area contributed by atoms with Crippen LogP contribution in [-0.2, 0) is 6.54 Å². The number of nitrogens with one attached hydrogen (secondary N) is 1. The molecule has 0 radical (unpaired) electrons. The summed E-state index contributed by atoms with van der Waals surface area (Å²) in [4.78, 5) is 4.24. The Morgan fingerprint density at radius 3 is 2.60 bits per heavy atom. The lowest BCUT2D eigenvalue weighted by Gasteiger charge is -2.18. The molecule has 0 spiro atoms. The molecule has 0 unspecified atom stereocenters. The van der Waals surface area contributed by atoms with Crippen molar-refractivity contribution in [1.29, 1.82) is 0 Å². The fraction of sp³-hybridized carbons (Fsp3) is 0.105. The van der Waals surface area contributed by atoms with E-state index >= 15 is 0 Å². The van der Waals surface area contributed by atoms with Crippen LogP contribution in [0.15, 0.2) is 73.1 Å². The highest BCUT2D eigenvalue weighted by Crippen LogP contribution is 2.21. The van der Waals surface area contributed by atoms with Crippen LogP contribution >= 0.6 is 0 Å². The van der Waals surface area contributed by atoms with Crippen molar-refractivity contribution in [3.8, 4) is 0 Å². The standard InChI is InChI=1S/C19H16FN5/c20-15-9-10-16(21-12-15)19(14-6-2-1-3-7-14)22-13-18-24-23-17-8-4-5-11-25(17)18/h1-12,19,22H,13H2/t19-/m1/s1. The molecule has 1 atom stereocenters. The van der Waals surface area contributed by atoms with E-state index in [4.69, 9.17) is 0 Å². The molecule has 1 N–H and O–H groups in total. The van der Waals surface area contributed by atoms with E-state index in [0.29, 0.717) is 6.54 Å². The Kier molecular flexibility index (Phi) is 4.18. The Balaban J connectivity index is 1.63. The summed E-state index contributed by atoms with van der Waals surface area (Å²) in [5.41, 5.74) is 2.60. The van der Waals surface area contributed by atoms with Crippen molar-refractivity contribution in [3.63, 3.8) is 0 Å². The summed E-state index contributed by atoms with van der Waals surface area (Å²) < 4.78 is 15.2. The minimum atomic E-state index is -0.348. The third-order valence-electron chi connectivity index (χ3n) is 4.03. The number of aromatic nitrogens is 4. The first-order valence-corrected chi connectivity index (χ1v) is 8.00. The van der Waals surface area contributed by atoms with E-state index in [0.717, 1.165) is 22.7 Å². The predicted octanol–water partition coefficient (Wildman–Crippen LogP) is 3.14. The Hall–Kier alpha value is -3.12. The monoisotopic (exact) mass is 333 g/mol. The van der Waals surface area contributed by atoms with Gasteiger partial charge in [-0.25, -0.2) is 4.39 Å². The molecule has 1 aromatic carbocycles. The number of hydrogen-bond acceptors (Lipinski definition) is 4. The van der Waals surface area contributed by atoms with Crippen LogP contribution in [0.4, 0.5) is 4.39 Å². The van der Waals surface area contributed by atoms with Crippen molar-refractivity contribution in [2.24, 2.45) is 0 Å². The molecule has 4 rings (SSSR count). The van der Waals surface area contributed by atoms with Gasteiger partial charge in [-0.15, -0.1) is 10.2 Å². The van der Waals surface area contributed by atoms with Gasteiger partial charge in [0.05, 0.1) is 24.5 Å². The van der Waals surface area contributed by atoms with E-state index in [9.17, 15) is 4.39 Å². The zero-order valence-corrected chi connectivity index (χ0v) is 13.4. The second kappa shape index (κ2) is 6.78. The normalized spacial score (nSPS) is 12.4. The molecule has 0 aliphatic heterocycles. The molecule has 6 heteroatoms. The molecule has 25 heavy (non-hydrogen) atoms. The first kappa shape index (κ1) is 15.4. The molecule has 3 heterocycles. The van der Waals surface area contributed by atoms with Gasteiger partial charge >= 0.3 is 0 Å². The van der Waals surface area contributed by atoms with Crippen LogP contribution in [0, 0.1) is 5.82 Å². The van der Waals surface area contributed by atoms with Crippen LogP contribution in [-0.4, -0.2) is 19.6 Å². The largest absolute Gasteiger partial charge is 0.298 e. The number of halogens is 1. The summed E-state index contributed by atoms with van der Waals surface area (Å²) in [6.07, 6.45) is 3.17. The molecule has 5 nitrogen and oxygen atoms in total. The number of nitrogens with zero attached hydrogens (tertiary/aromatic N) is 4. The number of fused-ring (bicyclic) bond motifs is 1. The van der Waals surface area contributed by atoms with Crippen molar-refractivity contribution in [2.75, 3.05) is 0 Å². The van der Waals surface area contributed by atoms with E-state index in [1.807, 2.05) is 59.1 Å². The molecule has 0 amide bonds. The lowest BCUT2D eigenvalue weighted by molar-refractivity contribution is 0.564. The van der Waals surface area contributed by atoms with Crippen LogP contribution in [0.5, 0.6) is 0 Å². The average Bonchev–Trinajstić information content (AvgIpc) is 3.07. The molecular weight excluding hydrogens is 317 g/mol.